The van der Waals surface area contributed by atoms with Crippen molar-refractivity contribution in [2.24, 2.45) is 0 Å². The van der Waals surface area contributed by atoms with Gasteiger partial charge in [0.1, 0.15) is 0 Å². The van der Waals surface area contributed by atoms with Gasteiger partial charge in [-0.15, -0.1) is 0 Å². The summed E-state index contributed by atoms with van der Waals surface area (Å²) in [4.78, 5) is 8.62. The van der Waals surface area contributed by atoms with Crippen LogP contribution in [0.2, 0.25) is 0 Å². The molecule has 0 saturated heterocycles. The Hall–Kier alpha value is -2.15. The van der Waals surface area contributed by atoms with Crippen molar-refractivity contribution in [3.8, 4) is 0 Å². The summed E-state index contributed by atoms with van der Waals surface area (Å²) in [5.74, 6) is 0.500. The minimum absolute atomic E-state index is 0.244. The molecule has 0 unspecified atom stereocenters. The van der Waals surface area contributed by atoms with Crippen LogP contribution in [-0.4, -0.2) is 23.6 Å². The van der Waals surface area contributed by atoms with Crippen molar-refractivity contribution < 1.29 is 8.42 Å². The largest absolute Gasteiger partial charge is 0.324 e. The Balaban J connectivity index is 1.79. The molecule has 2 N–H and O–H groups in total. The lowest BCUT2D eigenvalue weighted by molar-refractivity contribution is 0.600. The SMILES string of the molecule is Cc1cc(C)nc(Nc2cccc(NS(=O)(=O)C3CC3)c2)n1. The summed E-state index contributed by atoms with van der Waals surface area (Å²) in [6.07, 6.45) is 1.48. The topological polar surface area (TPSA) is 84.0 Å². The Labute approximate surface area is 130 Å². The van der Waals surface area contributed by atoms with E-state index in [1.54, 1.807) is 18.2 Å². The van der Waals surface area contributed by atoms with E-state index in [1.165, 1.54) is 0 Å². The molecule has 1 aliphatic carbocycles. The van der Waals surface area contributed by atoms with E-state index >= 15 is 0 Å². The van der Waals surface area contributed by atoms with Gasteiger partial charge in [0.15, 0.2) is 0 Å². The first kappa shape index (κ1) is 14.8. The van der Waals surface area contributed by atoms with Gasteiger partial charge in [-0.3, -0.25) is 4.72 Å². The van der Waals surface area contributed by atoms with E-state index < -0.39 is 10.0 Å². The highest BCUT2D eigenvalue weighted by molar-refractivity contribution is 7.93. The predicted molar refractivity (Wildman–Crippen MR) is 86.8 cm³/mol. The standard InChI is InChI=1S/C15H18N4O2S/c1-10-8-11(2)17-15(16-10)18-12-4-3-5-13(9-12)19-22(20,21)14-6-7-14/h3-5,8-9,14,19H,6-7H2,1-2H3,(H,16,17,18). The molecular weight excluding hydrogens is 300 g/mol. The lowest BCUT2D eigenvalue weighted by Gasteiger charge is -2.10. The first-order valence-corrected chi connectivity index (χ1v) is 8.68. The van der Waals surface area contributed by atoms with Gasteiger partial charge in [-0.25, -0.2) is 18.4 Å². The second-order valence-electron chi connectivity index (χ2n) is 5.53. The fraction of sp³-hybridized carbons (Fsp3) is 0.333. The molecule has 0 spiro atoms. The molecule has 1 aromatic heterocycles. The van der Waals surface area contributed by atoms with Gasteiger partial charge in [0.25, 0.3) is 0 Å². The summed E-state index contributed by atoms with van der Waals surface area (Å²) in [6, 6.07) is 8.99. The highest BCUT2D eigenvalue weighted by Gasteiger charge is 2.35. The van der Waals surface area contributed by atoms with Gasteiger partial charge in [-0.05, 0) is 51.0 Å². The Morgan fingerprint density at radius 2 is 1.68 bits per heavy atom. The zero-order valence-electron chi connectivity index (χ0n) is 12.5. The normalized spacial score (nSPS) is 14.6. The average molecular weight is 318 g/mol. The van der Waals surface area contributed by atoms with Crippen LogP contribution in [0, 0.1) is 13.8 Å². The van der Waals surface area contributed by atoms with Gasteiger partial charge in [0.05, 0.1) is 10.9 Å². The van der Waals surface area contributed by atoms with E-state index in [-0.39, 0.29) is 5.25 Å². The molecule has 1 fully saturated rings. The van der Waals surface area contributed by atoms with Crippen LogP contribution in [0.5, 0.6) is 0 Å². The molecular formula is C15H18N4O2S. The third-order valence-corrected chi connectivity index (χ3v) is 5.19. The van der Waals surface area contributed by atoms with Crippen molar-refractivity contribution in [3.63, 3.8) is 0 Å². The molecule has 0 aliphatic heterocycles. The second-order valence-corrected chi connectivity index (χ2v) is 7.49. The van der Waals surface area contributed by atoms with E-state index in [0.717, 1.165) is 29.9 Å². The van der Waals surface area contributed by atoms with Gasteiger partial charge in [-0.1, -0.05) is 6.07 Å². The van der Waals surface area contributed by atoms with Crippen LogP contribution in [-0.2, 0) is 10.0 Å². The number of hydrogen-bond donors (Lipinski definition) is 2. The fourth-order valence-electron chi connectivity index (χ4n) is 2.20. The number of anilines is 3. The number of hydrogen-bond acceptors (Lipinski definition) is 5. The quantitative estimate of drug-likeness (QED) is 0.885. The highest BCUT2D eigenvalue weighted by atomic mass is 32.2. The number of aryl methyl sites for hydroxylation is 2. The van der Waals surface area contributed by atoms with Crippen LogP contribution in [0.15, 0.2) is 30.3 Å². The first-order valence-electron chi connectivity index (χ1n) is 7.13. The van der Waals surface area contributed by atoms with Gasteiger partial charge < -0.3 is 5.32 Å². The lowest BCUT2D eigenvalue weighted by Crippen LogP contribution is -2.17. The van der Waals surface area contributed by atoms with Crippen LogP contribution in [0.4, 0.5) is 17.3 Å². The van der Waals surface area contributed by atoms with Crippen LogP contribution < -0.4 is 10.0 Å². The number of sulfonamides is 1. The summed E-state index contributed by atoms with van der Waals surface area (Å²) in [5.41, 5.74) is 3.03. The molecule has 3 rings (SSSR count). The van der Waals surface area contributed by atoms with Gasteiger partial charge in [0, 0.05) is 17.1 Å². The molecule has 116 valence electrons. The van der Waals surface area contributed by atoms with Crippen molar-refractivity contribution in [1.82, 2.24) is 9.97 Å². The number of nitrogens with one attached hydrogen (secondary N) is 2. The minimum atomic E-state index is -3.25. The number of benzene rings is 1. The van der Waals surface area contributed by atoms with Gasteiger partial charge in [0.2, 0.25) is 16.0 Å². The van der Waals surface area contributed by atoms with E-state index in [9.17, 15) is 8.42 Å². The Morgan fingerprint density at radius 3 is 2.32 bits per heavy atom. The van der Waals surface area contributed by atoms with E-state index in [0.29, 0.717) is 11.6 Å². The Morgan fingerprint density at radius 1 is 1.05 bits per heavy atom. The molecule has 0 bridgehead atoms. The van der Waals surface area contributed by atoms with Crippen LogP contribution >= 0.6 is 0 Å². The minimum Gasteiger partial charge on any atom is -0.324 e. The maximum absolute atomic E-state index is 12.0. The lowest BCUT2D eigenvalue weighted by atomic mass is 10.3. The maximum atomic E-state index is 12.0. The summed E-state index contributed by atoms with van der Waals surface area (Å²) < 4.78 is 26.6. The molecule has 1 heterocycles. The van der Waals surface area contributed by atoms with Crippen molar-refractivity contribution in [2.45, 2.75) is 31.9 Å². The van der Waals surface area contributed by atoms with Gasteiger partial charge >= 0.3 is 0 Å². The summed E-state index contributed by atoms with van der Waals surface area (Å²) in [7, 11) is -3.25. The third-order valence-electron chi connectivity index (χ3n) is 3.32. The molecule has 1 aliphatic rings. The summed E-state index contributed by atoms with van der Waals surface area (Å²) in [5, 5.41) is 2.86. The molecule has 22 heavy (non-hydrogen) atoms. The van der Waals surface area contributed by atoms with Crippen LogP contribution in [0.25, 0.3) is 0 Å². The monoisotopic (exact) mass is 318 g/mol. The fourth-order valence-corrected chi connectivity index (χ4v) is 3.58. The van der Waals surface area contributed by atoms with Crippen molar-refractivity contribution in [1.29, 1.82) is 0 Å². The molecule has 0 amide bonds. The summed E-state index contributed by atoms with van der Waals surface area (Å²) in [6.45, 7) is 3.81. The Bertz CT molecular complexity index is 781. The van der Waals surface area contributed by atoms with E-state index in [1.807, 2.05) is 26.0 Å². The van der Waals surface area contributed by atoms with E-state index in [2.05, 4.69) is 20.0 Å². The van der Waals surface area contributed by atoms with Gasteiger partial charge in [-0.2, -0.15) is 0 Å². The van der Waals surface area contributed by atoms with Crippen molar-refractivity contribution in [3.05, 3.63) is 41.7 Å². The molecule has 0 atom stereocenters. The highest BCUT2D eigenvalue weighted by Crippen LogP contribution is 2.30. The zero-order valence-corrected chi connectivity index (χ0v) is 13.3. The third kappa shape index (κ3) is 3.54. The van der Waals surface area contributed by atoms with E-state index in [4.69, 9.17) is 0 Å². The summed E-state index contributed by atoms with van der Waals surface area (Å²) >= 11 is 0. The van der Waals surface area contributed by atoms with Crippen molar-refractivity contribution in [2.75, 3.05) is 10.0 Å². The molecule has 6 nitrogen and oxygen atoms in total. The number of nitrogens with zero attached hydrogens (tertiary/aromatic N) is 2. The molecule has 0 radical (unpaired) electrons. The van der Waals surface area contributed by atoms with Crippen LogP contribution in [0.1, 0.15) is 24.2 Å². The Kier molecular flexibility index (Phi) is 3.74. The molecule has 7 heteroatoms. The van der Waals surface area contributed by atoms with Crippen molar-refractivity contribution >= 4 is 27.3 Å². The number of rotatable bonds is 5. The molecule has 1 aromatic carbocycles. The smallest absolute Gasteiger partial charge is 0.235 e. The molecule has 1 saturated carbocycles. The number of aromatic nitrogens is 2. The first-order chi connectivity index (χ1) is 10.4. The second kappa shape index (κ2) is 5.57. The molecule has 2 aromatic rings. The van der Waals surface area contributed by atoms with Crippen LogP contribution in [0.3, 0.4) is 0 Å². The average Bonchev–Trinajstić information content (AvgIpc) is 3.21. The zero-order chi connectivity index (χ0) is 15.7. The maximum Gasteiger partial charge on any atom is 0.235 e. The predicted octanol–water partition coefficient (Wildman–Crippen LogP) is 2.74.